The molecule has 1 saturated heterocycles. The Labute approximate surface area is 119 Å². The summed E-state index contributed by atoms with van der Waals surface area (Å²) in [7, 11) is 0. The molecule has 2 N–H and O–H groups in total. The summed E-state index contributed by atoms with van der Waals surface area (Å²) in [5.74, 6) is -1.97. The average Bonchev–Trinajstić information content (AvgIpc) is 2.37. The Morgan fingerprint density at radius 3 is 2.60 bits per heavy atom. The molecule has 1 aromatic carbocycles. The van der Waals surface area contributed by atoms with Crippen LogP contribution in [0.5, 0.6) is 0 Å². The Morgan fingerprint density at radius 1 is 1.35 bits per heavy atom. The molecule has 0 bridgehead atoms. The molecule has 0 amide bonds. The molecule has 2 rings (SSSR count). The van der Waals surface area contributed by atoms with Crippen molar-refractivity contribution in [3.63, 3.8) is 0 Å². The van der Waals surface area contributed by atoms with Gasteiger partial charge in [0.15, 0.2) is 0 Å². The molecule has 0 aliphatic carbocycles. The van der Waals surface area contributed by atoms with Crippen molar-refractivity contribution in [1.29, 1.82) is 0 Å². The molecule has 2 nitrogen and oxygen atoms in total. The van der Waals surface area contributed by atoms with Crippen LogP contribution in [-0.4, -0.2) is 24.3 Å². The van der Waals surface area contributed by atoms with Gasteiger partial charge in [-0.3, -0.25) is 0 Å². The Morgan fingerprint density at radius 2 is 2.05 bits per heavy atom. The van der Waals surface area contributed by atoms with E-state index in [2.05, 4.69) is 0 Å². The molecule has 7 heteroatoms. The summed E-state index contributed by atoms with van der Waals surface area (Å²) in [5.41, 5.74) is 5.88. The summed E-state index contributed by atoms with van der Waals surface area (Å²) >= 11 is 4.69. The van der Waals surface area contributed by atoms with E-state index in [1.54, 1.807) is 11.0 Å². The summed E-state index contributed by atoms with van der Waals surface area (Å²) in [6.07, 6.45) is -3.66. The molecule has 0 radical (unpaired) electrons. The first kappa shape index (κ1) is 15.0. The summed E-state index contributed by atoms with van der Waals surface area (Å²) in [4.78, 5) is 1.48. The zero-order valence-corrected chi connectivity index (χ0v) is 11.4. The molecular weight excluding hydrogens is 292 g/mol. The van der Waals surface area contributed by atoms with Crippen LogP contribution < -0.4 is 10.6 Å². The van der Waals surface area contributed by atoms with E-state index in [1.807, 2.05) is 0 Å². The molecule has 1 atom stereocenters. The molecule has 110 valence electrons. The third kappa shape index (κ3) is 3.20. The maximum atomic E-state index is 13.8. The molecule has 1 fully saturated rings. The minimum atomic E-state index is -4.21. The van der Waals surface area contributed by atoms with Gasteiger partial charge in [0.05, 0.1) is 5.92 Å². The minimum absolute atomic E-state index is 0.0686. The van der Waals surface area contributed by atoms with Crippen molar-refractivity contribution in [2.24, 2.45) is 11.7 Å². The average molecular weight is 306 g/mol. The number of nitrogens with two attached hydrogens (primary N) is 1. The van der Waals surface area contributed by atoms with E-state index in [0.717, 1.165) is 0 Å². The molecular formula is C13H14F4N2S. The van der Waals surface area contributed by atoms with Gasteiger partial charge in [-0.1, -0.05) is 12.2 Å². The number of benzene rings is 1. The van der Waals surface area contributed by atoms with Crippen molar-refractivity contribution >= 4 is 22.9 Å². The Hall–Kier alpha value is -1.37. The summed E-state index contributed by atoms with van der Waals surface area (Å²) in [6, 6.07) is 4.15. The van der Waals surface area contributed by atoms with Gasteiger partial charge in [0, 0.05) is 24.3 Å². The van der Waals surface area contributed by atoms with E-state index in [-0.39, 0.29) is 23.5 Å². The van der Waals surface area contributed by atoms with Gasteiger partial charge in [0.2, 0.25) is 0 Å². The predicted molar refractivity (Wildman–Crippen MR) is 73.3 cm³/mol. The SMILES string of the molecule is NC(=S)c1ccc(N2CCCC(C(F)(F)F)C2)cc1F. The monoisotopic (exact) mass is 306 g/mol. The number of anilines is 1. The zero-order valence-electron chi connectivity index (χ0n) is 10.6. The van der Waals surface area contributed by atoms with Crippen molar-refractivity contribution in [3.8, 4) is 0 Å². The lowest BCUT2D eigenvalue weighted by Crippen LogP contribution is -2.41. The van der Waals surface area contributed by atoms with Crippen LogP contribution in [0.25, 0.3) is 0 Å². The van der Waals surface area contributed by atoms with Gasteiger partial charge in [-0.25, -0.2) is 4.39 Å². The highest BCUT2D eigenvalue weighted by Gasteiger charge is 2.41. The van der Waals surface area contributed by atoms with E-state index < -0.39 is 17.9 Å². The molecule has 1 heterocycles. The smallest absolute Gasteiger partial charge is 0.389 e. The molecule has 1 unspecified atom stereocenters. The first-order chi connectivity index (χ1) is 9.29. The van der Waals surface area contributed by atoms with Crippen molar-refractivity contribution in [2.45, 2.75) is 19.0 Å². The van der Waals surface area contributed by atoms with Gasteiger partial charge < -0.3 is 10.6 Å². The molecule has 0 aromatic heterocycles. The normalized spacial score (nSPS) is 20.0. The van der Waals surface area contributed by atoms with Crippen LogP contribution in [0, 0.1) is 11.7 Å². The third-order valence-corrected chi connectivity index (χ3v) is 3.69. The number of halogens is 4. The molecule has 1 aliphatic heterocycles. The summed E-state index contributed by atoms with van der Waals surface area (Å²) in [6.45, 7) is 0.341. The fourth-order valence-corrected chi connectivity index (χ4v) is 2.54. The van der Waals surface area contributed by atoms with Gasteiger partial charge in [0.25, 0.3) is 0 Å². The standard InChI is InChI=1S/C13H14F4N2S/c14-11-6-9(3-4-10(11)12(18)20)19-5-1-2-8(7-19)13(15,16)17/h3-4,6,8H,1-2,5,7H2,(H2,18,20). The van der Waals surface area contributed by atoms with Crippen LogP contribution in [0.4, 0.5) is 23.2 Å². The number of rotatable bonds is 2. The predicted octanol–water partition coefficient (Wildman–Crippen LogP) is 3.24. The van der Waals surface area contributed by atoms with Gasteiger partial charge in [-0.2, -0.15) is 13.2 Å². The van der Waals surface area contributed by atoms with Crippen LogP contribution in [0.3, 0.4) is 0 Å². The van der Waals surface area contributed by atoms with Crippen LogP contribution in [-0.2, 0) is 0 Å². The van der Waals surface area contributed by atoms with Crippen molar-refractivity contribution < 1.29 is 17.6 Å². The third-order valence-electron chi connectivity index (χ3n) is 3.47. The lowest BCUT2D eigenvalue weighted by atomic mass is 9.97. The summed E-state index contributed by atoms with van der Waals surface area (Å²) in [5, 5.41) is 0. The van der Waals surface area contributed by atoms with E-state index in [1.165, 1.54) is 12.1 Å². The van der Waals surface area contributed by atoms with Gasteiger partial charge in [-0.05, 0) is 31.0 Å². The number of alkyl halides is 3. The van der Waals surface area contributed by atoms with Gasteiger partial charge >= 0.3 is 6.18 Å². The Bertz CT molecular complexity index is 516. The Balaban J connectivity index is 2.19. The van der Waals surface area contributed by atoms with Crippen LogP contribution in [0.2, 0.25) is 0 Å². The fraction of sp³-hybridized carbons (Fsp3) is 0.462. The van der Waals surface area contributed by atoms with Gasteiger partial charge in [0.1, 0.15) is 10.8 Å². The number of piperidine rings is 1. The number of hydrogen-bond donors (Lipinski definition) is 1. The number of nitrogens with zero attached hydrogens (tertiary/aromatic N) is 1. The number of hydrogen-bond acceptors (Lipinski definition) is 2. The fourth-order valence-electron chi connectivity index (χ4n) is 2.38. The first-order valence-electron chi connectivity index (χ1n) is 6.20. The van der Waals surface area contributed by atoms with E-state index in [0.29, 0.717) is 18.7 Å². The van der Waals surface area contributed by atoms with E-state index >= 15 is 0 Å². The van der Waals surface area contributed by atoms with Crippen LogP contribution in [0.1, 0.15) is 18.4 Å². The van der Waals surface area contributed by atoms with Crippen molar-refractivity contribution in [2.75, 3.05) is 18.0 Å². The van der Waals surface area contributed by atoms with Crippen molar-refractivity contribution in [1.82, 2.24) is 0 Å². The molecule has 0 spiro atoms. The highest BCUT2D eigenvalue weighted by atomic mass is 32.1. The lowest BCUT2D eigenvalue weighted by molar-refractivity contribution is -0.175. The molecule has 0 saturated carbocycles. The number of thiocarbonyl (C=S) groups is 1. The highest BCUT2D eigenvalue weighted by molar-refractivity contribution is 7.80. The largest absolute Gasteiger partial charge is 0.393 e. The molecule has 1 aliphatic rings. The summed E-state index contributed by atoms with van der Waals surface area (Å²) < 4.78 is 52.0. The first-order valence-corrected chi connectivity index (χ1v) is 6.61. The zero-order chi connectivity index (χ0) is 14.9. The molecule has 1 aromatic rings. The van der Waals surface area contributed by atoms with Crippen LogP contribution >= 0.6 is 12.2 Å². The topological polar surface area (TPSA) is 29.3 Å². The lowest BCUT2D eigenvalue weighted by Gasteiger charge is -2.35. The van der Waals surface area contributed by atoms with E-state index in [9.17, 15) is 17.6 Å². The van der Waals surface area contributed by atoms with Crippen LogP contribution in [0.15, 0.2) is 18.2 Å². The second-order valence-corrected chi connectivity index (χ2v) is 5.30. The minimum Gasteiger partial charge on any atom is -0.389 e. The Kier molecular flexibility index (Phi) is 4.17. The van der Waals surface area contributed by atoms with Gasteiger partial charge in [-0.15, -0.1) is 0 Å². The highest BCUT2D eigenvalue weighted by Crippen LogP contribution is 2.35. The maximum Gasteiger partial charge on any atom is 0.393 e. The second-order valence-electron chi connectivity index (χ2n) is 4.86. The van der Waals surface area contributed by atoms with E-state index in [4.69, 9.17) is 18.0 Å². The van der Waals surface area contributed by atoms with Crippen molar-refractivity contribution in [3.05, 3.63) is 29.6 Å². The quantitative estimate of drug-likeness (QED) is 0.672. The molecule has 20 heavy (non-hydrogen) atoms. The second kappa shape index (κ2) is 5.55. The maximum absolute atomic E-state index is 13.8.